The molecule has 1 aliphatic carbocycles. The molecule has 1 aliphatic heterocycles. The van der Waals surface area contributed by atoms with Crippen molar-refractivity contribution in [3.05, 3.63) is 36.8 Å². The van der Waals surface area contributed by atoms with Crippen LogP contribution in [0, 0.1) is 5.92 Å². The van der Waals surface area contributed by atoms with Gasteiger partial charge in [-0.2, -0.15) is 0 Å². The lowest BCUT2D eigenvalue weighted by atomic mass is 10.1. The monoisotopic (exact) mass is 476 g/mol. The maximum Gasteiger partial charge on any atom is 0.231 e. The summed E-state index contributed by atoms with van der Waals surface area (Å²) in [4.78, 5) is 28.1. The first-order valence-corrected chi connectivity index (χ1v) is 11.6. The molecular formula is C24H25FN8O2. The number of hydrogen-bond acceptors (Lipinski definition) is 8. The number of nitrogens with zero attached hydrogens (tertiary/aromatic N) is 6. The predicted octanol–water partition coefficient (Wildman–Crippen LogP) is 2.90. The molecule has 10 nitrogen and oxygen atoms in total. The molecule has 1 saturated heterocycles. The Morgan fingerprint density at radius 2 is 2.09 bits per heavy atom. The quantitative estimate of drug-likeness (QED) is 0.453. The Balaban J connectivity index is 1.39. The lowest BCUT2D eigenvalue weighted by molar-refractivity contribution is -0.117. The van der Waals surface area contributed by atoms with E-state index >= 15 is 0 Å². The van der Waals surface area contributed by atoms with Crippen molar-refractivity contribution in [1.82, 2.24) is 24.6 Å². The van der Waals surface area contributed by atoms with Crippen LogP contribution in [0.3, 0.4) is 0 Å². The van der Waals surface area contributed by atoms with Gasteiger partial charge in [0.25, 0.3) is 0 Å². The predicted molar refractivity (Wildman–Crippen MR) is 130 cm³/mol. The number of amides is 1. The molecule has 1 amide bonds. The van der Waals surface area contributed by atoms with Crippen molar-refractivity contribution in [2.24, 2.45) is 5.92 Å². The summed E-state index contributed by atoms with van der Waals surface area (Å²) in [5.74, 6) is 0.550. The molecule has 0 aromatic carbocycles. The van der Waals surface area contributed by atoms with Crippen molar-refractivity contribution in [1.29, 1.82) is 0 Å². The molecule has 0 spiro atoms. The van der Waals surface area contributed by atoms with E-state index in [1.165, 1.54) is 0 Å². The van der Waals surface area contributed by atoms with Crippen LogP contribution in [-0.2, 0) is 9.53 Å². The Bertz CT molecular complexity index is 1440. The third-order valence-electron chi connectivity index (χ3n) is 6.47. The van der Waals surface area contributed by atoms with E-state index in [2.05, 4.69) is 32.4 Å². The highest BCUT2D eigenvalue weighted by Gasteiger charge is 2.43. The summed E-state index contributed by atoms with van der Waals surface area (Å²) in [6, 6.07) is 5.74. The minimum absolute atomic E-state index is 0.174. The number of fused-ring (bicyclic) bond motifs is 2. The fraction of sp³-hybridized carbons (Fsp3) is 0.375. The zero-order chi connectivity index (χ0) is 24.1. The van der Waals surface area contributed by atoms with Gasteiger partial charge in [-0.15, -0.1) is 5.10 Å². The van der Waals surface area contributed by atoms with Crippen LogP contribution in [0.1, 0.15) is 13.3 Å². The molecule has 1 unspecified atom stereocenters. The van der Waals surface area contributed by atoms with Crippen LogP contribution >= 0.6 is 0 Å². The lowest BCUT2D eigenvalue weighted by Gasteiger charge is -2.32. The van der Waals surface area contributed by atoms with Gasteiger partial charge in [0.05, 0.1) is 30.5 Å². The maximum atomic E-state index is 13.3. The van der Waals surface area contributed by atoms with E-state index in [-0.39, 0.29) is 18.4 Å². The van der Waals surface area contributed by atoms with Crippen molar-refractivity contribution < 1.29 is 13.9 Å². The molecule has 180 valence electrons. The van der Waals surface area contributed by atoms with Crippen molar-refractivity contribution in [3.63, 3.8) is 0 Å². The third-order valence-corrected chi connectivity index (χ3v) is 6.47. The van der Waals surface area contributed by atoms with E-state index in [1.807, 2.05) is 18.3 Å². The molecule has 6 rings (SSSR count). The van der Waals surface area contributed by atoms with Crippen LogP contribution in [0.4, 0.5) is 21.7 Å². The van der Waals surface area contributed by atoms with E-state index in [0.29, 0.717) is 35.3 Å². The SMILES string of the molecule is CNc1ncc(-c2nc3ccc(N4CCOC(C)C4)cn3n2)c2cc(NC(=O)[C@H]3C[C@H]3F)ncc12. The van der Waals surface area contributed by atoms with Crippen molar-refractivity contribution in [2.45, 2.75) is 25.6 Å². The van der Waals surface area contributed by atoms with E-state index in [0.717, 1.165) is 29.5 Å². The van der Waals surface area contributed by atoms with Crippen LogP contribution in [0.2, 0.25) is 0 Å². The van der Waals surface area contributed by atoms with Gasteiger partial charge in [-0.3, -0.25) is 4.79 Å². The van der Waals surface area contributed by atoms with Crippen LogP contribution in [-0.4, -0.2) is 69.5 Å². The van der Waals surface area contributed by atoms with E-state index in [9.17, 15) is 9.18 Å². The Kier molecular flexibility index (Phi) is 5.21. The fourth-order valence-corrected chi connectivity index (χ4v) is 4.46. The van der Waals surface area contributed by atoms with Crippen molar-refractivity contribution in [2.75, 3.05) is 42.3 Å². The van der Waals surface area contributed by atoms with Gasteiger partial charge in [-0.05, 0) is 31.5 Å². The standard InChI is InChI=1S/C24H25FN8O2/c1-13-11-32(5-6-35-13)14-3-4-21-30-23(31-33(21)12-14)18-10-28-22(26-2)17-9-27-20(8-15(17)18)29-24(34)16-7-19(16)25/h3-4,8-10,12-13,16,19H,5-7,11H2,1-2H3,(H,26,28)(H,27,29,34)/t13?,16-,19+/m0/s1. The second-order valence-electron chi connectivity index (χ2n) is 8.99. The highest BCUT2D eigenvalue weighted by Crippen LogP contribution is 2.35. The highest BCUT2D eigenvalue weighted by molar-refractivity contribution is 6.03. The van der Waals surface area contributed by atoms with Gasteiger partial charge in [0.2, 0.25) is 5.91 Å². The second-order valence-corrected chi connectivity index (χ2v) is 8.99. The van der Waals surface area contributed by atoms with Gasteiger partial charge >= 0.3 is 0 Å². The zero-order valence-electron chi connectivity index (χ0n) is 19.4. The number of carbonyl (C=O) groups excluding carboxylic acids is 1. The largest absolute Gasteiger partial charge is 0.375 e. The molecule has 35 heavy (non-hydrogen) atoms. The molecule has 2 fully saturated rings. The number of pyridine rings is 3. The molecule has 5 heterocycles. The molecule has 11 heteroatoms. The number of alkyl halides is 1. The van der Waals surface area contributed by atoms with E-state index < -0.39 is 12.1 Å². The molecule has 4 aromatic rings. The van der Waals surface area contributed by atoms with Crippen LogP contribution in [0.25, 0.3) is 27.8 Å². The summed E-state index contributed by atoms with van der Waals surface area (Å²) in [5, 5.41) is 12.1. The summed E-state index contributed by atoms with van der Waals surface area (Å²) in [6.45, 7) is 4.40. The van der Waals surface area contributed by atoms with Gasteiger partial charge in [0.15, 0.2) is 11.5 Å². The minimum Gasteiger partial charge on any atom is -0.375 e. The number of nitrogens with one attached hydrogen (secondary N) is 2. The maximum absolute atomic E-state index is 13.3. The lowest BCUT2D eigenvalue weighted by Crippen LogP contribution is -2.41. The summed E-state index contributed by atoms with van der Waals surface area (Å²) < 4.78 is 20.7. The molecular weight excluding hydrogens is 451 g/mol. The van der Waals surface area contributed by atoms with Gasteiger partial charge < -0.3 is 20.3 Å². The van der Waals surface area contributed by atoms with Gasteiger partial charge in [0, 0.05) is 48.9 Å². The molecule has 0 bridgehead atoms. The number of halogens is 1. The second kappa shape index (κ2) is 8.42. The van der Waals surface area contributed by atoms with Crippen LogP contribution in [0.5, 0.6) is 0 Å². The van der Waals surface area contributed by atoms with Gasteiger partial charge in [0.1, 0.15) is 17.8 Å². The number of ether oxygens (including phenoxy) is 1. The number of rotatable bonds is 5. The Morgan fingerprint density at radius 1 is 1.23 bits per heavy atom. The van der Waals surface area contributed by atoms with Crippen molar-refractivity contribution >= 4 is 39.6 Å². The molecule has 2 N–H and O–H groups in total. The Hall–Kier alpha value is -3.86. The topological polar surface area (TPSA) is 110 Å². The molecule has 2 aliphatic rings. The average Bonchev–Trinajstić information content (AvgIpc) is 3.45. The zero-order valence-corrected chi connectivity index (χ0v) is 19.4. The molecule has 0 radical (unpaired) electrons. The van der Waals surface area contributed by atoms with Gasteiger partial charge in [-0.25, -0.2) is 23.9 Å². The summed E-state index contributed by atoms with van der Waals surface area (Å²) >= 11 is 0. The number of carbonyl (C=O) groups is 1. The van der Waals surface area contributed by atoms with E-state index in [4.69, 9.17) is 14.8 Å². The van der Waals surface area contributed by atoms with Crippen molar-refractivity contribution in [3.8, 4) is 11.4 Å². The smallest absolute Gasteiger partial charge is 0.231 e. The van der Waals surface area contributed by atoms with Gasteiger partial charge in [-0.1, -0.05) is 0 Å². The number of aromatic nitrogens is 5. The fourth-order valence-electron chi connectivity index (χ4n) is 4.46. The number of anilines is 3. The molecule has 4 aromatic heterocycles. The first-order chi connectivity index (χ1) is 17.0. The molecule has 3 atom stereocenters. The first-order valence-electron chi connectivity index (χ1n) is 11.6. The van der Waals surface area contributed by atoms with Crippen LogP contribution in [0.15, 0.2) is 36.8 Å². The number of morpholine rings is 1. The number of hydrogen-bond donors (Lipinski definition) is 2. The Labute approximate surface area is 200 Å². The average molecular weight is 477 g/mol. The normalized spacial score (nSPS) is 21.9. The first kappa shape index (κ1) is 21.7. The van der Waals surface area contributed by atoms with E-state index in [1.54, 1.807) is 30.0 Å². The van der Waals surface area contributed by atoms with Crippen LogP contribution < -0.4 is 15.5 Å². The summed E-state index contributed by atoms with van der Waals surface area (Å²) in [7, 11) is 1.78. The summed E-state index contributed by atoms with van der Waals surface area (Å²) in [5.41, 5.74) is 2.47. The molecule has 1 saturated carbocycles. The third kappa shape index (κ3) is 4.01. The summed E-state index contributed by atoms with van der Waals surface area (Å²) in [6.07, 6.45) is 4.68. The minimum atomic E-state index is -1.07. The Morgan fingerprint density at radius 3 is 2.86 bits per heavy atom. The highest BCUT2D eigenvalue weighted by atomic mass is 19.1.